The fourth-order valence-corrected chi connectivity index (χ4v) is 4.49. The van der Waals surface area contributed by atoms with Gasteiger partial charge in [0.15, 0.2) is 0 Å². The van der Waals surface area contributed by atoms with Crippen molar-refractivity contribution in [2.75, 3.05) is 31.7 Å². The lowest BCUT2D eigenvalue weighted by atomic mass is 9.88. The van der Waals surface area contributed by atoms with Crippen molar-refractivity contribution >= 4 is 47.2 Å². The van der Waals surface area contributed by atoms with E-state index in [0.29, 0.717) is 0 Å². The molecule has 1 aromatic rings. The molecule has 4 N–H and O–H groups in total. The molecule has 3 atom stereocenters. The molecule has 2 aliphatic rings. The number of anilines is 1. The molecule has 2 aliphatic heterocycles. The Morgan fingerprint density at radius 2 is 2.23 bits per heavy atom. The number of thioether (sulfide) groups is 1. The summed E-state index contributed by atoms with van der Waals surface area (Å²) in [6, 6.07) is -1.21. The standard InChI is InChI=1S/C15H18N6O8S/c1-6(22)28-4-15(13(25)26)3-21-11(24)8(12(21)30-5-15)17-10(23)7(19-27-2)9-18-14(16)29-20-9/h8,12H,3-5H2,1-2H3,(H,17,23)(H,25,26)(H2,16,18,20)/t8?,12-,15?/m1/s1. The van der Waals surface area contributed by atoms with Crippen LogP contribution in [0.2, 0.25) is 0 Å². The number of nitrogen functional groups attached to an aromatic ring is 1. The smallest absolute Gasteiger partial charge is 0.319 e. The molecular formula is C15H18N6O8S. The first-order valence-electron chi connectivity index (χ1n) is 8.49. The van der Waals surface area contributed by atoms with Gasteiger partial charge in [-0.2, -0.15) is 4.98 Å². The van der Waals surface area contributed by atoms with E-state index in [-0.39, 0.29) is 36.5 Å². The van der Waals surface area contributed by atoms with E-state index in [9.17, 15) is 24.3 Å². The van der Waals surface area contributed by atoms with E-state index < -0.39 is 40.6 Å². The van der Waals surface area contributed by atoms with Crippen molar-refractivity contribution in [3.8, 4) is 0 Å². The van der Waals surface area contributed by atoms with E-state index in [4.69, 9.17) is 10.5 Å². The van der Waals surface area contributed by atoms with Gasteiger partial charge in [-0.05, 0) is 0 Å². The zero-order valence-corrected chi connectivity index (χ0v) is 16.7. The van der Waals surface area contributed by atoms with E-state index in [2.05, 4.69) is 30.0 Å². The zero-order chi connectivity index (χ0) is 22.1. The molecule has 0 spiro atoms. The minimum absolute atomic E-state index is 0.0802. The van der Waals surface area contributed by atoms with Gasteiger partial charge < -0.3 is 35.2 Å². The van der Waals surface area contributed by atoms with Crippen LogP contribution in [0.1, 0.15) is 12.7 Å². The second-order valence-corrected chi connectivity index (χ2v) is 7.67. The minimum Gasteiger partial charge on any atom is -0.481 e. The lowest BCUT2D eigenvalue weighted by Crippen LogP contribution is -2.74. The fourth-order valence-electron chi connectivity index (χ4n) is 2.96. The molecule has 30 heavy (non-hydrogen) atoms. The number of aliphatic carboxylic acids is 1. The van der Waals surface area contributed by atoms with Gasteiger partial charge in [0, 0.05) is 19.2 Å². The topological polar surface area (TPSA) is 200 Å². The van der Waals surface area contributed by atoms with Crippen LogP contribution in [-0.4, -0.2) is 87.0 Å². The largest absolute Gasteiger partial charge is 0.481 e. The van der Waals surface area contributed by atoms with E-state index in [1.54, 1.807) is 0 Å². The number of carboxylic acid groups (broad SMARTS) is 1. The van der Waals surface area contributed by atoms with Crippen molar-refractivity contribution in [2.24, 2.45) is 10.6 Å². The third kappa shape index (κ3) is 3.87. The summed E-state index contributed by atoms with van der Waals surface area (Å²) in [7, 11) is 1.21. The normalized spacial score (nSPS) is 25.7. The summed E-state index contributed by atoms with van der Waals surface area (Å²) in [5, 5.41) is 18.7. The summed E-state index contributed by atoms with van der Waals surface area (Å²) in [6.07, 6.45) is 0. The highest BCUT2D eigenvalue weighted by atomic mass is 32.2. The molecule has 3 rings (SSSR count). The van der Waals surface area contributed by atoms with Crippen LogP contribution in [0.5, 0.6) is 0 Å². The Hall–Kier alpha value is -3.36. The number of fused-ring (bicyclic) bond motifs is 1. The fraction of sp³-hybridized carbons (Fsp3) is 0.533. The number of hydrogen-bond donors (Lipinski definition) is 3. The number of carbonyl (C=O) groups excluding carboxylic acids is 3. The number of nitrogens with one attached hydrogen (secondary N) is 1. The van der Waals surface area contributed by atoms with Crippen LogP contribution < -0.4 is 11.1 Å². The van der Waals surface area contributed by atoms with E-state index >= 15 is 0 Å². The second kappa shape index (κ2) is 8.17. The quantitative estimate of drug-likeness (QED) is 0.182. The number of aromatic nitrogens is 2. The third-order valence-electron chi connectivity index (χ3n) is 4.49. The van der Waals surface area contributed by atoms with Gasteiger partial charge >= 0.3 is 18.0 Å². The lowest BCUT2D eigenvalue weighted by Gasteiger charge is -2.53. The first kappa shape index (κ1) is 21.4. The van der Waals surface area contributed by atoms with Crippen molar-refractivity contribution < 1.29 is 38.4 Å². The number of rotatable bonds is 7. The minimum atomic E-state index is -1.43. The first-order chi connectivity index (χ1) is 14.2. The van der Waals surface area contributed by atoms with Gasteiger partial charge in [-0.15, -0.1) is 11.8 Å². The third-order valence-corrected chi connectivity index (χ3v) is 6.08. The summed E-state index contributed by atoms with van der Waals surface area (Å²) in [5.41, 5.74) is 3.57. The monoisotopic (exact) mass is 442 g/mol. The van der Waals surface area contributed by atoms with Gasteiger partial charge in [0.2, 0.25) is 17.4 Å². The van der Waals surface area contributed by atoms with Crippen LogP contribution in [0.15, 0.2) is 9.68 Å². The number of β-lactam (4-membered cyclic amide) rings is 1. The molecule has 1 aromatic heterocycles. The second-order valence-electron chi connectivity index (χ2n) is 6.56. The number of hydrogen-bond acceptors (Lipinski definition) is 12. The number of nitrogens with zero attached hydrogens (tertiary/aromatic N) is 4. The van der Waals surface area contributed by atoms with Gasteiger partial charge in [0.05, 0.1) is 0 Å². The predicted molar refractivity (Wildman–Crippen MR) is 98.8 cm³/mol. The highest BCUT2D eigenvalue weighted by Crippen LogP contribution is 2.42. The Bertz CT molecular complexity index is 919. The molecule has 0 bridgehead atoms. The summed E-state index contributed by atoms with van der Waals surface area (Å²) < 4.78 is 9.50. The summed E-state index contributed by atoms with van der Waals surface area (Å²) >= 11 is 1.16. The Morgan fingerprint density at radius 1 is 1.50 bits per heavy atom. The molecule has 14 nitrogen and oxygen atoms in total. The molecule has 3 heterocycles. The molecular weight excluding hydrogens is 424 g/mol. The Labute approximate surface area is 173 Å². The summed E-state index contributed by atoms with van der Waals surface area (Å²) in [6.45, 7) is 0.659. The summed E-state index contributed by atoms with van der Waals surface area (Å²) in [4.78, 5) is 57.6. The first-order valence-corrected chi connectivity index (χ1v) is 9.54. The van der Waals surface area contributed by atoms with Crippen molar-refractivity contribution in [1.29, 1.82) is 0 Å². The molecule has 0 saturated carbocycles. The van der Waals surface area contributed by atoms with Crippen LogP contribution in [0.3, 0.4) is 0 Å². The van der Waals surface area contributed by atoms with Crippen LogP contribution in [0.25, 0.3) is 0 Å². The Balaban J connectivity index is 1.69. The average Bonchev–Trinajstić information content (AvgIpc) is 3.13. The highest BCUT2D eigenvalue weighted by molar-refractivity contribution is 8.00. The van der Waals surface area contributed by atoms with E-state index in [1.165, 1.54) is 18.9 Å². The molecule has 162 valence electrons. The summed E-state index contributed by atoms with van der Waals surface area (Å²) in [5.74, 6) is -3.23. The van der Waals surface area contributed by atoms with Crippen LogP contribution in [0, 0.1) is 5.41 Å². The average molecular weight is 442 g/mol. The number of amides is 2. The van der Waals surface area contributed by atoms with E-state index in [0.717, 1.165) is 11.8 Å². The van der Waals surface area contributed by atoms with Crippen molar-refractivity contribution in [3.63, 3.8) is 0 Å². The number of esters is 1. The van der Waals surface area contributed by atoms with Crippen molar-refractivity contribution in [1.82, 2.24) is 20.4 Å². The number of carboxylic acids is 1. The van der Waals surface area contributed by atoms with Crippen molar-refractivity contribution in [3.05, 3.63) is 5.82 Å². The maximum Gasteiger partial charge on any atom is 0.319 e. The molecule has 0 radical (unpaired) electrons. The number of nitrogens with two attached hydrogens (primary N) is 1. The number of oxime groups is 1. The van der Waals surface area contributed by atoms with Gasteiger partial charge in [-0.25, -0.2) is 0 Å². The maximum absolute atomic E-state index is 12.6. The van der Waals surface area contributed by atoms with Gasteiger partial charge in [-0.3, -0.25) is 19.2 Å². The Kier molecular flexibility index (Phi) is 5.82. The predicted octanol–water partition coefficient (Wildman–Crippen LogP) is -1.96. The maximum atomic E-state index is 12.6. The number of carbonyl (C=O) groups is 4. The molecule has 2 saturated heterocycles. The molecule has 0 aliphatic carbocycles. The lowest BCUT2D eigenvalue weighted by molar-refractivity contribution is -0.164. The SMILES string of the molecule is CON=C(C(=O)NC1C(=O)N2CC(COC(C)=O)(C(=O)O)CS[C@H]12)c1noc(N)n1. The van der Waals surface area contributed by atoms with Crippen LogP contribution >= 0.6 is 11.8 Å². The molecule has 2 fully saturated rings. The van der Waals surface area contributed by atoms with E-state index in [1.807, 2.05) is 0 Å². The number of ether oxygens (including phenoxy) is 1. The zero-order valence-electron chi connectivity index (χ0n) is 15.9. The molecule has 0 aromatic carbocycles. The van der Waals surface area contributed by atoms with Crippen molar-refractivity contribution in [2.45, 2.75) is 18.3 Å². The highest BCUT2D eigenvalue weighted by Gasteiger charge is 2.58. The van der Waals surface area contributed by atoms with Gasteiger partial charge in [0.25, 0.3) is 5.91 Å². The van der Waals surface area contributed by atoms with Crippen LogP contribution in [0.4, 0.5) is 6.01 Å². The van der Waals surface area contributed by atoms with Gasteiger partial charge in [0.1, 0.15) is 30.5 Å². The van der Waals surface area contributed by atoms with Crippen LogP contribution in [-0.2, 0) is 28.8 Å². The molecule has 15 heteroatoms. The molecule has 2 unspecified atom stereocenters. The van der Waals surface area contributed by atoms with Gasteiger partial charge in [-0.1, -0.05) is 10.3 Å². The Morgan fingerprint density at radius 3 is 2.80 bits per heavy atom. The molecule has 2 amide bonds.